The molecule has 8 heteroatoms. The van der Waals surface area contributed by atoms with Crippen molar-refractivity contribution < 1.29 is 4.79 Å². The minimum atomic E-state index is -0.439. The average molecular weight is 454 g/mol. The van der Waals surface area contributed by atoms with Gasteiger partial charge in [-0.05, 0) is 49.2 Å². The minimum absolute atomic E-state index is 0.114. The van der Waals surface area contributed by atoms with E-state index in [2.05, 4.69) is 5.32 Å². The molecule has 0 spiro atoms. The lowest BCUT2D eigenvalue weighted by molar-refractivity contribution is -0.116. The number of fused-ring (bicyclic) bond motifs is 1. The Bertz CT molecular complexity index is 1210. The Hall–Kier alpha value is -2.83. The van der Waals surface area contributed by atoms with Crippen molar-refractivity contribution >= 4 is 40.6 Å². The molecule has 6 nitrogen and oxygen atoms in total. The zero-order valence-corrected chi connectivity index (χ0v) is 18.7. The Morgan fingerprint density at radius 1 is 1.10 bits per heavy atom. The quantitative estimate of drug-likeness (QED) is 0.579. The summed E-state index contributed by atoms with van der Waals surface area (Å²) in [5, 5.41) is 9.20. The largest absolute Gasteiger partial charge is 0.378 e. The van der Waals surface area contributed by atoms with Crippen LogP contribution in [0.5, 0.6) is 0 Å². The first-order valence-electron chi connectivity index (χ1n) is 10.1. The van der Waals surface area contributed by atoms with E-state index in [1.54, 1.807) is 16.8 Å². The zero-order chi connectivity index (χ0) is 21.7. The van der Waals surface area contributed by atoms with Crippen LogP contribution in [0.3, 0.4) is 0 Å². The first-order valence-corrected chi connectivity index (χ1v) is 10.9. The molecule has 1 N–H and O–H groups in total. The SMILES string of the molecule is CN(C)c1ccc(-c2nc3n(n2)C(c2ccc(Cl)cc2Cl)C2=C(CCCC2=O)N3)cc1. The fraction of sp³-hybridized carbons (Fsp3) is 0.261. The van der Waals surface area contributed by atoms with Crippen LogP contribution in [-0.4, -0.2) is 34.6 Å². The number of carbonyl (C=O) groups excluding carboxylic acids is 1. The predicted octanol–water partition coefficient (Wildman–Crippen LogP) is 5.34. The van der Waals surface area contributed by atoms with E-state index in [0.29, 0.717) is 33.8 Å². The number of benzene rings is 2. The summed E-state index contributed by atoms with van der Waals surface area (Å²) in [7, 11) is 4.00. The number of halogens is 2. The van der Waals surface area contributed by atoms with Crippen molar-refractivity contribution in [2.75, 3.05) is 24.3 Å². The number of Topliss-reactive ketones (excluding diaryl/α,β-unsaturated/α-hetero) is 1. The number of ketones is 1. The highest BCUT2D eigenvalue weighted by Crippen LogP contribution is 2.43. The molecule has 0 saturated carbocycles. The molecule has 3 aromatic rings. The Labute approximate surface area is 190 Å². The highest BCUT2D eigenvalue weighted by molar-refractivity contribution is 6.35. The van der Waals surface area contributed by atoms with Gasteiger partial charge in [0.25, 0.3) is 0 Å². The van der Waals surface area contributed by atoms with E-state index in [1.165, 1.54) is 0 Å². The molecule has 5 rings (SSSR count). The maximum atomic E-state index is 12.9. The van der Waals surface area contributed by atoms with E-state index in [4.69, 9.17) is 33.3 Å². The molecule has 0 radical (unpaired) electrons. The standard InChI is InChI=1S/C23H21Cl2N5O/c1-29(2)15-9-6-13(7-10-15)22-27-23-26-18-4-3-5-19(31)20(18)21(30(23)28-22)16-11-8-14(24)12-17(16)25/h6-12,21H,3-5H2,1-2H3,(H,26,27,28). The van der Waals surface area contributed by atoms with Crippen molar-refractivity contribution in [2.45, 2.75) is 25.3 Å². The highest BCUT2D eigenvalue weighted by atomic mass is 35.5. The van der Waals surface area contributed by atoms with Crippen LogP contribution < -0.4 is 10.2 Å². The summed E-state index contributed by atoms with van der Waals surface area (Å²) in [6.07, 6.45) is 2.13. The third kappa shape index (κ3) is 3.50. The summed E-state index contributed by atoms with van der Waals surface area (Å²) in [6.45, 7) is 0. The average Bonchev–Trinajstić information content (AvgIpc) is 3.17. The molecule has 2 heterocycles. The number of allylic oxidation sites excluding steroid dienone is 2. The Balaban J connectivity index is 1.64. The first-order chi connectivity index (χ1) is 14.9. The van der Waals surface area contributed by atoms with Gasteiger partial charge in [-0.2, -0.15) is 4.98 Å². The van der Waals surface area contributed by atoms with Crippen molar-refractivity contribution in [3.63, 3.8) is 0 Å². The summed E-state index contributed by atoms with van der Waals surface area (Å²) >= 11 is 12.7. The number of nitrogens with one attached hydrogen (secondary N) is 1. The van der Waals surface area contributed by atoms with E-state index >= 15 is 0 Å². The summed E-state index contributed by atoms with van der Waals surface area (Å²) in [4.78, 5) is 19.7. The molecule has 0 amide bonds. The topological polar surface area (TPSA) is 63.1 Å². The molecule has 31 heavy (non-hydrogen) atoms. The number of carbonyl (C=O) groups is 1. The van der Waals surface area contributed by atoms with Crippen LogP contribution in [0, 0.1) is 0 Å². The Morgan fingerprint density at radius 2 is 1.87 bits per heavy atom. The molecule has 0 fully saturated rings. The molecule has 2 aromatic carbocycles. The molecule has 0 bridgehead atoms. The van der Waals surface area contributed by atoms with Crippen LogP contribution in [0.25, 0.3) is 11.4 Å². The zero-order valence-electron chi connectivity index (χ0n) is 17.2. The van der Waals surface area contributed by atoms with Gasteiger partial charge in [-0.25, -0.2) is 4.68 Å². The van der Waals surface area contributed by atoms with Gasteiger partial charge in [-0.1, -0.05) is 29.3 Å². The van der Waals surface area contributed by atoms with Crippen molar-refractivity contribution in [2.24, 2.45) is 0 Å². The van der Waals surface area contributed by atoms with E-state index in [9.17, 15) is 4.79 Å². The molecular formula is C23H21Cl2N5O. The van der Waals surface area contributed by atoms with E-state index in [1.807, 2.05) is 49.3 Å². The normalized spacial score (nSPS) is 17.8. The number of rotatable bonds is 3. The molecule has 158 valence electrons. The fourth-order valence-electron chi connectivity index (χ4n) is 4.20. The van der Waals surface area contributed by atoms with Crippen LogP contribution in [0.15, 0.2) is 53.7 Å². The second-order valence-electron chi connectivity index (χ2n) is 8.01. The summed E-state index contributed by atoms with van der Waals surface area (Å²) in [5.41, 5.74) is 4.40. The Kier molecular flexibility index (Phi) is 4.99. The maximum Gasteiger partial charge on any atom is 0.226 e. The predicted molar refractivity (Wildman–Crippen MR) is 124 cm³/mol. The highest BCUT2D eigenvalue weighted by Gasteiger charge is 2.37. The van der Waals surface area contributed by atoms with Crippen molar-refractivity contribution in [3.8, 4) is 11.4 Å². The molecule has 1 aromatic heterocycles. The van der Waals surface area contributed by atoms with Crippen LogP contribution in [0.2, 0.25) is 10.0 Å². The first kappa shape index (κ1) is 20.1. The number of hydrogen-bond donors (Lipinski definition) is 1. The number of nitrogens with zero attached hydrogens (tertiary/aromatic N) is 4. The van der Waals surface area contributed by atoms with Gasteiger partial charge in [0.1, 0.15) is 6.04 Å². The molecule has 1 unspecified atom stereocenters. The van der Waals surface area contributed by atoms with Gasteiger partial charge in [0, 0.05) is 58.6 Å². The van der Waals surface area contributed by atoms with Crippen molar-refractivity contribution in [1.29, 1.82) is 0 Å². The molecule has 1 atom stereocenters. The summed E-state index contributed by atoms with van der Waals surface area (Å²) < 4.78 is 1.77. The smallest absolute Gasteiger partial charge is 0.226 e. The van der Waals surface area contributed by atoms with Crippen LogP contribution in [-0.2, 0) is 4.79 Å². The van der Waals surface area contributed by atoms with E-state index in [0.717, 1.165) is 35.4 Å². The molecule has 0 saturated heterocycles. The van der Waals surface area contributed by atoms with Crippen molar-refractivity contribution in [1.82, 2.24) is 14.8 Å². The summed E-state index contributed by atoms with van der Waals surface area (Å²) in [6, 6.07) is 13.0. The van der Waals surface area contributed by atoms with E-state index in [-0.39, 0.29) is 5.78 Å². The third-order valence-electron chi connectivity index (χ3n) is 5.77. The van der Waals surface area contributed by atoms with Crippen LogP contribution in [0.4, 0.5) is 11.6 Å². The lowest BCUT2D eigenvalue weighted by Crippen LogP contribution is -2.31. The number of aromatic nitrogens is 3. The number of hydrogen-bond acceptors (Lipinski definition) is 5. The number of anilines is 2. The van der Waals surface area contributed by atoms with Gasteiger partial charge in [-0.3, -0.25) is 4.79 Å². The van der Waals surface area contributed by atoms with Gasteiger partial charge in [-0.15, -0.1) is 5.10 Å². The lowest BCUT2D eigenvalue weighted by atomic mass is 9.85. The minimum Gasteiger partial charge on any atom is -0.378 e. The van der Waals surface area contributed by atoms with Gasteiger partial charge in [0.05, 0.1) is 0 Å². The molecular weight excluding hydrogens is 433 g/mol. The van der Waals surface area contributed by atoms with Gasteiger partial charge >= 0.3 is 0 Å². The van der Waals surface area contributed by atoms with Gasteiger partial charge < -0.3 is 10.2 Å². The van der Waals surface area contributed by atoms with Crippen LogP contribution >= 0.6 is 23.2 Å². The Morgan fingerprint density at radius 3 is 2.58 bits per heavy atom. The molecule has 1 aliphatic carbocycles. The molecule has 2 aliphatic rings. The second-order valence-corrected chi connectivity index (χ2v) is 8.85. The van der Waals surface area contributed by atoms with Gasteiger partial charge in [0.2, 0.25) is 5.95 Å². The lowest BCUT2D eigenvalue weighted by Gasteiger charge is -2.32. The monoisotopic (exact) mass is 453 g/mol. The second kappa shape index (κ2) is 7.70. The maximum absolute atomic E-state index is 12.9. The van der Waals surface area contributed by atoms with Crippen molar-refractivity contribution in [3.05, 3.63) is 69.3 Å². The summed E-state index contributed by atoms with van der Waals surface area (Å²) in [5.74, 6) is 1.31. The van der Waals surface area contributed by atoms with Crippen LogP contribution in [0.1, 0.15) is 30.9 Å². The van der Waals surface area contributed by atoms with E-state index < -0.39 is 6.04 Å². The third-order valence-corrected chi connectivity index (χ3v) is 6.33. The fourth-order valence-corrected chi connectivity index (χ4v) is 4.71. The molecule has 1 aliphatic heterocycles. The van der Waals surface area contributed by atoms with Gasteiger partial charge in [0.15, 0.2) is 11.6 Å².